The predicted octanol–water partition coefficient (Wildman–Crippen LogP) is 1.92. The summed E-state index contributed by atoms with van der Waals surface area (Å²) in [5.41, 5.74) is 0.947. The van der Waals surface area contributed by atoms with Crippen molar-refractivity contribution >= 4 is 11.9 Å². The van der Waals surface area contributed by atoms with Gasteiger partial charge in [0.05, 0.1) is 12.5 Å². The van der Waals surface area contributed by atoms with Crippen LogP contribution in [0.3, 0.4) is 0 Å². The third-order valence-corrected chi connectivity index (χ3v) is 2.96. The zero-order valence-electron chi connectivity index (χ0n) is 10.8. The molecule has 0 spiro atoms. The van der Waals surface area contributed by atoms with Crippen molar-refractivity contribution in [2.75, 3.05) is 6.54 Å². The van der Waals surface area contributed by atoms with Gasteiger partial charge < -0.3 is 14.4 Å². The van der Waals surface area contributed by atoms with Gasteiger partial charge in [-0.2, -0.15) is 0 Å². The highest BCUT2D eigenvalue weighted by atomic mass is 16.4. The summed E-state index contributed by atoms with van der Waals surface area (Å²) in [5, 5.41) is 8.82. The molecule has 5 nitrogen and oxygen atoms in total. The largest absolute Gasteiger partial charge is 0.480 e. The van der Waals surface area contributed by atoms with Gasteiger partial charge in [0.15, 0.2) is 0 Å². The smallest absolute Gasteiger partial charge is 0.323 e. The van der Waals surface area contributed by atoms with Gasteiger partial charge in [0, 0.05) is 12.5 Å². The highest BCUT2D eigenvalue weighted by molar-refractivity contribution is 5.81. The fourth-order valence-electron chi connectivity index (χ4n) is 1.69. The van der Waals surface area contributed by atoms with Crippen molar-refractivity contribution < 1.29 is 19.1 Å². The Kier molecular flexibility index (Phi) is 5.42. The van der Waals surface area contributed by atoms with Crippen LogP contribution in [0.15, 0.2) is 23.0 Å². The van der Waals surface area contributed by atoms with Crippen molar-refractivity contribution in [3.8, 4) is 0 Å². The van der Waals surface area contributed by atoms with Crippen LogP contribution in [0.1, 0.15) is 32.3 Å². The van der Waals surface area contributed by atoms with Crippen molar-refractivity contribution in [3.05, 3.63) is 24.2 Å². The Hall–Kier alpha value is -1.78. The second kappa shape index (κ2) is 6.83. The van der Waals surface area contributed by atoms with E-state index in [9.17, 15) is 9.59 Å². The van der Waals surface area contributed by atoms with Gasteiger partial charge in [-0.1, -0.05) is 6.92 Å². The van der Waals surface area contributed by atoms with E-state index in [1.165, 1.54) is 4.90 Å². The lowest BCUT2D eigenvalue weighted by Crippen LogP contribution is -2.41. The first-order valence-electron chi connectivity index (χ1n) is 6.07. The number of hydrogen-bond acceptors (Lipinski definition) is 3. The number of carboxylic acid groups (broad SMARTS) is 1. The molecule has 0 aromatic carbocycles. The molecule has 5 heteroatoms. The average Bonchev–Trinajstić information content (AvgIpc) is 2.85. The molecular weight excluding hydrogens is 234 g/mol. The summed E-state index contributed by atoms with van der Waals surface area (Å²) < 4.78 is 4.92. The molecule has 1 N–H and O–H groups in total. The topological polar surface area (TPSA) is 70.8 Å². The summed E-state index contributed by atoms with van der Waals surface area (Å²) in [6, 6.07) is 1.75. The monoisotopic (exact) mass is 253 g/mol. The number of hydrogen-bond donors (Lipinski definition) is 1. The molecule has 0 saturated carbocycles. The minimum atomic E-state index is -0.980. The molecule has 0 fully saturated rings. The highest BCUT2D eigenvalue weighted by Crippen LogP contribution is 2.09. The maximum Gasteiger partial charge on any atom is 0.323 e. The van der Waals surface area contributed by atoms with Crippen molar-refractivity contribution in [3.63, 3.8) is 0 Å². The van der Waals surface area contributed by atoms with Gasteiger partial charge in [-0.05, 0) is 31.4 Å². The van der Waals surface area contributed by atoms with E-state index < -0.39 is 5.97 Å². The Morgan fingerprint density at radius 1 is 1.50 bits per heavy atom. The summed E-state index contributed by atoms with van der Waals surface area (Å²) in [5.74, 6) is -1.11. The van der Waals surface area contributed by atoms with E-state index in [2.05, 4.69) is 0 Å². The number of aliphatic carboxylic acids is 1. The van der Waals surface area contributed by atoms with Crippen molar-refractivity contribution in [2.24, 2.45) is 0 Å². The molecule has 18 heavy (non-hydrogen) atoms. The van der Waals surface area contributed by atoms with Crippen LogP contribution < -0.4 is 0 Å². The highest BCUT2D eigenvalue weighted by Gasteiger charge is 2.21. The van der Waals surface area contributed by atoms with Crippen molar-refractivity contribution in [1.82, 2.24) is 4.90 Å². The van der Waals surface area contributed by atoms with Gasteiger partial charge in [0.2, 0.25) is 5.91 Å². The average molecular weight is 253 g/mol. The first-order valence-corrected chi connectivity index (χ1v) is 6.07. The Morgan fingerprint density at radius 2 is 2.22 bits per heavy atom. The minimum absolute atomic E-state index is 0.0575. The van der Waals surface area contributed by atoms with Gasteiger partial charge in [-0.25, -0.2) is 0 Å². The van der Waals surface area contributed by atoms with Crippen LogP contribution in [0.5, 0.6) is 0 Å². The lowest BCUT2D eigenvalue weighted by atomic mass is 10.1. The fraction of sp³-hybridized carbons (Fsp3) is 0.538. The Morgan fingerprint density at radius 3 is 2.72 bits per heavy atom. The fourth-order valence-corrected chi connectivity index (χ4v) is 1.69. The van der Waals surface area contributed by atoms with Crippen LogP contribution >= 0.6 is 0 Å². The minimum Gasteiger partial charge on any atom is -0.480 e. The molecule has 1 atom stereocenters. The number of carboxylic acids is 1. The van der Waals surface area contributed by atoms with E-state index in [4.69, 9.17) is 9.52 Å². The van der Waals surface area contributed by atoms with E-state index in [1.807, 2.05) is 13.8 Å². The molecule has 0 saturated heterocycles. The molecule has 1 unspecified atom stereocenters. The van der Waals surface area contributed by atoms with Crippen LogP contribution in [0.25, 0.3) is 0 Å². The predicted molar refractivity (Wildman–Crippen MR) is 66.1 cm³/mol. The standard InChI is InChI=1S/C13H19NO4/c1-3-10(2)14(8-13(16)17)12(15)5-4-11-6-7-18-9-11/h6-7,9-10H,3-5,8H2,1-2H3,(H,16,17). The van der Waals surface area contributed by atoms with Crippen LogP contribution in [0, 0.1) is 0 Å². The van der Waals surface area contributed by atoms with E-state index in [1.54, 1.807) is 18.6 Å². The van der Waals surface area contributed by atoms with E-state index in [0.29, 0.717) is 12.8 Å². The number of aryl methyl sites for hydroxylation is 1. The lowest BCUT2D eigenvalue weighted by Gasteiger charge is -2.26. The maximum atomic E-state index is 12.0. The number of furan rings is 1. The molecule has 0 radical (unpaired) electrons. The van der Waals surface area contributed by atoms with Crippen LogP contribution in [0.2, 0.25) is 0 Å². The van der Waals surface area contributed by atoms with E-state index >= 15 is 0 Å². The number of nitrogens with zero attached hydrogens (tertiary/aromatic N) is 1. The third kappa shape index (κ3) is 4.24. The third-order valence-electron chi connectivity index (χ3n) is 2.96. The summed E-state index contributed by atoms with van der Waals surface area (Å²) in [7, 11) is 0. The van der Waals surface area contributed by atoms with Gasteiger partial charge >= 0.3 is 5.97 Å². The summed E-state index contributed by atoms with van der Waals surface area (Å²) in [6.07, 6.45) is 4.77. The number of rotatable bonds is 7. The van der Waals surface area contributed by atoms with Crippen molar-refractivity contribution in [2.45, 2.75) is 39.2 Å². The number of carbonyl (C=O) groups excluding carboxylic acids is 1. The molecule has 1 aromatic rings. The molecule has 0 aliphatic heterocycles. The summed E-state index contributed by atoms with van der Waals surface area (Å²) >= 11 is 0. The molecule has 0 aliphatic carbocycles. The van der Waals surface area contributed by atoms with E-state index in [0.717, 1.165) is 12.0 Å². The SMILES string of the molecule is CCC(C)N(CC(=O)O)C(=O)CCc1ccoc1. The number of carbonyl (C=O) groups is 2. The molecular formula is C13H19NO4. The Balaban J connectivity index is 2.55. The maximum absolute atomic E-state index is 12.0. The quantitative estimate of drug-likeness (QED) is 0.806. The van der Waals surface area contributed by atoms with Gasteiger partial charge in [-0.15, -0.1) is 0 Å². The van der Waals surface area contributed by atoms with Crippen molar-refractivity contribution in [1.29, 1.82) is 0 Å². The Labute approximate surface area is 106 Å². The molecule has 100 valence electrons. The first kappa shape index (κ1) is 14.3. The molecule has 1 rings (SSSR count). The van der Waals surface area contributed by atoms with E-state index in [-0.39, 0.29) is 18.5 Å². The number of amides is 1. The summed E-state index contributed by atoms with van der Waals surface area (Å²) in [6.45, 7) is 3.56. The second-order valence-electron chi connectivity index (χ2n) is 4.30. The van der Waals surface area contributed by atoms with Crippen LogP contribution in [-0.2, 0) is 16.0 Å². The van der Waals surface area contributed by atoms with Gasteiger partial charge in [0.25, 0.3) is 0 Å². The van der Waals surface area contributed by atoms with Crippen LogP contribution in [-0.4, -0.2) is 34.5 Å². The zero-order valence-corrected chi connectivity index (χ0v) is 10.8. The van der Waals surface area contributed by atoms with Crippen LogP contribution in [0.4, 0.5) is 0 Å². The zero-order chi connectivity index (χ0) is 13.5. The molecule has 0 aliphatic rings. The molecule has 1 aromatic heterocycles. The normalized spacial score (nSPS) is 12.1. The Bertz CT molecular complexity index is 386. The summed E-state index contributed by atoms with van der Waals surface area (Å²) in [4.78, 5) is 24.2. The lowest BCUT2D eigenvalue weighted by molar-refractivity contribution is -0.146. The first-order chi connectivity index (χ1) is 8.54. The van der Waals surface area contributed by atoms with Gasteiger partial charge in [0.1, 0.15) is 6.54 Å². The van der Waals surface area contributed by atoms with Gasteiger partial charge in [-0.3, -0.25) is 9.59 Å². The molecule has 1 heterocycles. The second-order valence-corrected chi connectivity index (χ2v) is 4.30. The molecule has 0 bridgehead atoms. The molecule has 1 amide bonds.